The molecule has 3 rings (SSSR count). The van der Waals surface area contributed by atoms with Crippen LogP contribution in [0.15, 0.2) is 42.2 Å². The van der Waals surface area contributed by atoms with E-state index in [4.69, 9.17) is 4.74 Å². The molecule has 0 atom stereocenters. The van der Waals surface area contributed by atoms with E-state index in [1.165, 1.54) is 0 Å². The smallest absolute Gasteiger partial charge is 0.330 e. The summed E-state index contributed by atoms with van der Waals surface area (Å²) in [5.74, 6) is -0.176. The van der Waals surface area contributed by atoms with E-state index in [1.54, 1.807) is 43.6 Å². The lowest BCUT2D eigenvalue weighted by Crippen LogP contribution is -2.32. The van der Waals surface area contributed by atoms with Gasteiger partial charge in [-0.1, -0.05) is 23.8 Å². The molecule has 1 aliphatic rings. The highest BCUT2D eigenvalue weighted by Gasteiger charge is 2.18. The molecule has 0 saturated carbocycles. The molecule has 1 aromatic heterocycles. The summed E-state index contributed by atoms with van der Waals surface area (Å²) in [6, 6.07) is 4.88. The fraction of sp³-hybridized carbons (Fsp3) is 0.350. The van der Waals surface area contributed by atoms with Gasteiger partial charge in [0.15, 0.2) is 0 Å². The number of nitrogens with zero attached hydrogens (tertiary/aromatic N) is 3. The first-order valence-corrected chi connectivity index (χ1v) is 8.94. The summed E-state index contributed by atoms with van der Waals surface area (Å²) in [7, 11) is 0. The Morgan fingerprint density at radius 3 is 2.63 bits per heavy atom. The molecule has 1 aliphatic heterocycles. The highest BCUT2D eigenvalue weighted by molar-refractivity contribution is 5.82. The number of ether oxygens (including phenoxy) is 1. The van der Waals surface area contributed by atoms with Gasteiger partial charge in [0.1, 0.15) is 5.82 Å². The molecule has 0 unspecified atom stereocenters. The predicted molar refractivity (Wildman–Crippen MR) is 99.5 cm³/mol. The Morgan fingerprint density at radius 1 is 1.30 bits per heavy atom. The van der Waals surface area contributed by atoms with E-state index in [9.17, 15) is 14.3 Å². The number of rotatable bonds is 5. The summed E-state index contributed by atoms with van der Waals surface area (Å²) in [5.41, 5.74) is 2.23. The quantitative estimate of drug-likeness (QED) is 0.643. The maximum Gasteiger partial charge on any atom is 0.330 e. The number of halogens is 1. The average molecular weight is 371 g/mol. The van der Waals surface area contributed by atoms with Crippen LogP contribution in [0.25, 0.3) is 11.1 Å². The van der Waals surface area contributed by atoms with Gasteiger partial charge in [-0.15, -0.1) is 0 Å². The summed E-state index contributed by atoms with van der Waals surface area (Å²) in [6.07, 6.45) is 6.24. The number of anilines is 1. The molecule has 1 fully saturated rings. The van der Waals surface area contributed by atoms with Crippen molar-refractivity contribution in [2.24, 2.45) is 0 Å². The first-order valence-electron chi connectivity index (χ1n) is 8.94. The minimum atomic E-state index is -0.455. The van der Waals surface area contributed by atoms with E-state index in [-0.39, 0.29) is 18.1 Å². The SMILES string of the molecule is CCOC(=O)C=C1CCN(c2ncc(-c3cccc(CO)c3F)cn2)CC1. The van der Waals surface area contributed by atoms with E-state index in [1.807, 2.05) is 4.90 Å². The highest BCUT2D eigenvalue weighted by atomic mass is 19.1. The van der Waals surface area contributed by atoms with E-state index in [0.717, 1.165) is 18.4 Å². The fourth-order valence-electron chi connectivity index (χ4n) is 3.04. The van der Waals surface area contributed by atoms with Crippen molar-refractivity contribution < 1.29 is 19.0 Å². The minimum absolute atomic E-state index is 0.244. The van der Waals surface area contributed by atoms with Gasteiger partial charge in [0, 0.05) is 48.2 Å². The number of aromatic nitrogens is 2. The van der Waals surface area contributed by atoms with Crippen LogP contribution in [0.1, 0.15) is 25.3 Å². The zero-order chi connectivity index (χ0) is 19.2. The number of hydrogen-bond donors (Lipinski definition) is 1. The zero-order valence-corrected chi connectivity index (χ0v) is 15.2. The molecule has 0 radical (unpaired) electrons. The molecule has 1 saturated heterocycles. The third-order valence-corrected chi connectivity index (χ3v) is 4.50. The van der Waals surface area contributed by atoms with Gasteiger partial charge in [-0.25, -0.2) is 19.2 Å². The lowest BCUT2D eigenvalue weighted by atomic mass is 10.0. The molecule has 2 heterocycles. The molecule has 1 N–H and O–H groups in total. The molecule has 0 bridgehead atoms. The van der Waals surface area contributed by atoms with Crippen LogP contribution >= 0.6 is 0 Å². The Balaban J connectivity index is 1.68. The van der Waals surface area contributed by atoms with Gasteiger partial charge >= 0.3 is 5.97 Å². The number of piperidine rings is 1. The monoisotopic (exact) mass is 371 g/mol. The van der Waals surface area contributed by atoms with Crippen molar-refractivity contribution in [1.82, 2.24) is 9.97 Å². The zero-order valence-electron chi connectivity index (χ0n) is 15.2. The summed E-state index contributed by atoms with van der Waals surface area (Å²) in [6.45, 7) is 3.22. The number of esters is 1. The minimum Gasteiger partial charge on any atom is -0.463 e. The second-order valence-corrected chi connectivity index (χ2v) is 6.25. The second-order valence-electron chi connectivity index (χ2n) is 6.25. The molecular weight excluding hydrogens is 349 g/mol. The molecule has 6 nitrogen and oxygen atoms in total. The molecule has 1 aromatic carbocycles. The van der Waals surface area contributed by atoms with Crippen molar-refractivity contribution in [3.63, 3.8) is 0 Å². The van der Waals surface area contributed by atoms with Gasteiger partial charge in [-0.3, -0.25) is 0 Å². The van der Waals surface area contributed by atoms with E-state index >= 15 is 0 Å². The molecule has 0 amide bonds. The van der Waals surface area contributed by atoms with Gasteiger partial charge in [0.25, 0.3) is 0 Å². The van der Waals surface area contributed by atoms with Gasteiger partial charge in [-0.2, -0.15) is 0 Å². The molecule has 27 heavy (non-hydrogen) atoms. The van der Waals surface area contributed by atoms with Crippen molar-refractivity contribution in [2.75, 3.05) is 24.6 Å². The standard InChI is InChI=1S/C20H22FN3O3/c1-2-27-18(26)10-14-6-8-24(9-7-14)20-22-11-16(12-23-20)17-5-3-4-15(13-25)19(17)21/h3-5,10-12,25H,2,6-9,13H2,1H3. The lowest BCUT2D eigenvalue weighted by molar-refractivity contribution is -0.137. The lowest BCUT2D eigenvalue weighted by Gasteiger charge is -2.28. The number of aliphatic hydroxyl groups excluding tert-OH is 1. The van der Waals surface area contributed by atoms with Crippen molar-refractivity contribution >= 4 is 11.9 Å². The third-order valence-electron chi connectivity index (χ3n) is 4.50. The van der Waals surface area contributed by atoms with Gasteiger partial charge < -0.3 is 14.7 Å². The molecule has 142 valence electrons. The van der Waals surface area contributed by atoms with Crippen LogP contribution in [0.3, 0.4) is 0 Å². The number of hydrogen-bond acceptors (Lipinski definition) is 6. The van der Waals surface area contributed by atoms with Gasteiger partial charge in [-0.05, 0) is 19.8 Å². The van der Waals surface area contributed by atoms with Crippen LogP contribution in [-0.2, 0) is 16.1 Å². The van der Waals surface area contributed by atoms with Gasteiger partial charge in [0.05, 0.1) is 13.2 Å². The van der Waals surface area contributed by atoms with Crippen LogP contribution in [0.5, 0.6) is 0 Å². The molecule has 2 aromatic rings. The number of carbonyl (C=O) groups is 1. The Kier molecular flexibility index (Phi) is 6.13. The van der Waals surface area contributed by atoms with E-state index < -0.39 is 5.82 Å². The Bertz CT molecular complexity index is 827. The molecule has 7 heteroatoms. The topological polar surface area (TPSA) is 75.5 Å². The van der Waals surface area contributed by atoms with Crippen molar-refractivity contribution in [3.05, 3.63) is 53.6 Å². The van der Waals surface area contributed by atoms with Crippen LogP contribution in [0.2, 0.25) is 0 Å². The maximum atomic E-state index is 14.3. The maximum absolute atomic E-state index is 14.3. The molecular formula is C20H22FN3O3. The summed E-state index contributed by atoms with van der Waals surface area (Å²) < 4.78 is 19.3. The first kappa shape index (κ1) is 19.0. The van der Waals surface area contributed by atoms with Crippen LogP contribution in [-0.4, -0.2) is 40.7 Å². The van der Waals surface area contributed by atoms with Crippen molar-refractivity contribution in [2.45, 2.75) is 26.4 Å². The first-order chi connectivity index (χ1) is 13.1. The van der Waals surface area contributed by atoms with E-state index in [0.29, 0.717) is 36.8 Å². The Morgan fingerprint density at radius 2 is 2.00 bits per heavy atom. The van der Waals surface area contributed by atoms with Crippen LogP contribution in [0, 0.1) is 5.82 Å². The second kappa shape index (κ2) is 8.73. The largest absolute Gasteiger partial charge is 0.463 e. The predicted octanol–water partition coefficient (Wildman–Crippen LogP) is 2.86. The fourth-order valence-corrected chi connectivity index (χ4v) is 3.04. The molecule has 0 spiro atoms. The average Bonchev–Trinajstić information content (AvgIpc) is 2.69. The van der Waals surface area contributed by atoms with Crippen LogP contribution < -0.4 is 4.90 Å². The Hall–Kier alpha value is -2.80. The number of benzene rings is 1. The number of aliphatic hydroxyl groups is 1. The van der Waals surface area contributed by atoms with Crippen LogP contribution in [0.4, 0.5) is 10.3 Å². The van der Waals surface area contributed by atoms with Gasteiger partial charge in [0.2, 0.25) is 5.95 Å². The Labute approximate surface area is 157 Å². The van der Waals surface area contributed by atoms with Crippen molar-refractivity contribution in [3.8, 4) is 11.1 Å². The molecule has 0 aliphatic carbocycles. The summed E-state index contributed by atoms with van der Waals surface area (Å²) >= 11 is 0. The highest BCUT2D eigenvalue weighted by Crippen LogP contribution is 2.26. The normalized spacial score (nSPS) is 14.2. The summed E-state index contributed by atoms with van der Waals surface area (Å²) in [5, 5.41) is 9.20. The van der Waals surface area contributed by atoms with E-state index in [2.05, 4.69) is 9.97 Å². The van der Waals surface area contributed by atoms with Crippen molar-refractivity contribution in [1.29, 1.82) is 0 Å². The number of carbonyl (C=O) groups excluding carboxylic acids is 1. The third kappa shape index (κ3) is 4.49. The summed E-state index contributed by atoms with van der Waals surface area (Å²) in [4.78, 5) is 22.3.